The quantitative estimate of drug-likeness (QED) is 0.885. The minimum absolute atomic E-state index is 0.0116. The van der Waals surface area contributed by atoms with Gasteiger partial charge in [0.05, 0.1) is 0 Å². The van der Waals surface area contributed by atoms with Crippen LogP contribution in [0.4, 0.5) is 11.4 Å². The van der Waals surface area contributed by atoms with Crippen molar-refractivity contribution >= 4 is 17.3 Å². The van der Waals surface area contributed by atoms with E-state index in [2.05, 4.69) is 23.6 Å². The molecule has 20 heavy (non-hydrogen) atoms. The van der Waals surface area contributed by atoms with E-state index in [1.54, 1.807) is 0 Å². The number of anilines is 2. The average Bonchev–Trinajstić information content (AvgIpc) is 2.78. The van der Waals surface area contributed by atoms with Crippen LogP contribution in [-0.2, 0) is 11.2 Å². The molecule has 2 aromatic carbocycles. The number of hydrogen-bond donors (Lipinski definition) is 2. The summed E-state index contributed by atoms with van der Waals surface area (Å²) in [5.74, 6) is 0.0116. The van der Waals surface area contributed by atoms with Crippen LogP contribution < -0.4 is 10.6 Å². The molecular formula is C17H18N2O. The summed E-state index contributed by atoms with van der Waals surface area (Å²) >= 11 is 0. The minimum atomic E-state index is -0.302. The summed E-state index contributed by atoms with van der Waals surface area (Å²) in [7, 11) is 0. The van der Waals surface area contributed by atoms with Gasteiger partial charge in [-0.2, -0.15) is 0 Å². The van der Waals surface area contributed by atoms with Crippen molar-refractivity contribution in [2.75, 3.05) is 10.6 Å². The number of amides is 1. The van der Waals surface area contributed by atoms with Gasteiger partial charge in [-0.25, -0.2) is 0 Å². The van der Waals surface area contributed by atoms with Crippen molar-refractivity contribution in [3.05, 3.63) is 59.7 Å². The Bertz CT molecular complexity index is 636. The summed E-state index contributed by atoms with van der Waals surface area (Å²) in [5, 5.41) is 6.31. The number of fused-ring (bicyclic) bond motifs is 1. The first kappa shape index (κ1) is 12.7. The minimum Gasteiger partial charge on any atom is -0.370 e. The van der Waals surface area contributed by atoms with Gasteiger partial charge in [-0.3, -0.25) is 4.79 Å². The van der Waals surface area contributed by atoms with E-state index in [0.717, 1.165) is 29.8 Å². The zero-order chi connectivity index (χ0) is 13.9. The Balaban J connectivity index is 1.90. The van der Waals surface area contributed by atoms with Crippen LogP contribution in [0.5, 0.6) is 0 Å². The van der Waals surface area contributed by atoms with Crippen LogP contribution in [0.3, 0.4) is 0 Å². The van der Waals surface area contributed by atoms with Crippen molar-refractivity contribution in [1.29, 1.82) is 0 Å². The maximum Gasteiger partial charge on any atom is 0.251 e. The Kier molecular flexibility index (Phi) is 3.42. The molecule has 3 nitrogen and oxygen atoms in total. The summed E-state index contributed by atoms with van der Waals surface area (Å²) in [6.45, 7) is 2.16. The molecule has 1 aliphatic heterocycles. The number of benzene rings is 2. The Hall–Kier alpha value is -2.29. The molecule has 1 aliphatic rings. The number of rotatable bonds is 4. The zero-order valence-electron chi connectivity index (χ0n) is 11.5. The predicted molar refractivity (Wildman–Crippen MR) is 81.9 cm³/mol. The van der Waals surface area contributed by atoms with Gasteiger partial charge in [0, 0.05) is 16.9 Å². The first-order valence-corrected chi connectivity index (χ1v) is 7.04. The van der Waals surface area contributed by atoms with E-state index >= 15 is 0 Å². The maximum atomic E-state index is 12.1. The van der Waals surface area contributed by atoms with Crippen molar-refractivity contribution in [1.82, 2.24) is 0 Å². The van der Waals surface area contributed by atoms with Gasteiger partial charge in [0.25, 0.3) is 5.91 Å². The van der Waals surface area contributed by atoms with Crippen LogP contribution in [-0.4, -0.2) is 5.91 Å². The second-order valence-electron chi connectivity index (χ2n) is 5.06. The maximum absolute atomic E-state index is 12.1. The molecule has 0 aromatic heterocycles. The zero-order valence-corrected chi connectivity index (χ0v) is 11.5. The molecule has 0 aliphatic carbocycles. The standard InChI is InChI=1S/C17H18N2O/c1-2-7-12-8-3-5-10-14(12)18-16-13-9-4-6-11-15(13)19-17(16)20/h3-6,8-11,16,18H,2,7H2,1H3,(H,19,20). The number of nitrogens with one attached hydrogen (secondary N) is 2. The molecule has 0 saturated carbocycles. The third kappa shape index (κ3) is 2.27. The van der Waals surface area contributed by atoms with Crippen LogP contribution in [0, 0.1) is 0 Å². The summed E-state index contributed by atoms with van der Waals surface area (Å²) in [4.78, 5) is 12.1. The monoisotopic (exact) mass is 266 g/mol. The first-order valence-electron chi connectivity index (χ1n) is 7.04. The highest BCUT2D eigenvalue weighted by Gasteiger charge is 2.30. The lowest BCUT2D eigenvalue weighted by molar-refractivity contribution is -0.116. The van der Waals surface area contributed by atoms with Crippen LogP contribution in [0.1, 0.15) is 30.5 Å². The Morgan fingerprint density at radius 2 is 1.85 bits per heavy atom. The van der Waals surface area contributed by atoms with Crippen molar-refractivity contribution in [2.45, 2.75) is 25.8 Å². The molecule has 0 saturated heterocycles. The number of carbonyl (C=O) groups excluding carboxylic acids is 1. The van der Waals surface area contributed by atoms with Crippen molar-refractivity contribution in [3.63, 3.8) is 0 Å². The van der Waals surface area contributed by atoms with E-state index in [1.165, 1.54) is 5.56 Å². The van der Waals surface area contributed by atoms with E-state index in [-0.39, 0.29) is 11.9 Å². The summed E-state index contributed by atoms with van der Waals surface area (Å²) in [5.41, 5.74) is 4.23. The highest BCUT2D eigenvalue weighted by Crippen LogP contribution is 2.33. The van der Waals surface area contributed by atoms with Gasteiger partial charge in [0.15, 0.2) is 0 Å². The number of para-hydroxylation sites is 2. The molecule has 0 bridgehead atoms. The summed E-state index contributed by atoms with van der Waals surface area (Å²) < 4.78 is 0. The normalized spacial score (nSPS) is 16.6. The van der Waals surface area contributed by atoms with Gasteiger partial charge >= 0.3 is 0 Å². The van der Waals surface area contributed by atoms with Crippen LogP contribution in [0.15, 0.2) is 48.5 Å². The van der Waals surface area contributed by atoms with Crippen molar-refractivity contribution in [2.24, 2.45) is 0 Å². The Morgan fingerprint density at radius 3 is 2.70 bits per heavy atom. The molecule has 0 spiro atoms. The molecule has 2 N–H and O–H groups in total. The lowest BCUT2D eigenvalue weighted by Crippen LogP contribution is -2.20. The number of aryl methyl sites for hydroxylation is 1. The molecule has 1 amide bonds. The Labute approximate surface area is 119 Å². The van der Waals surface area contributed by atoms with Crippen LogP contribution >= 0.6 is 0 Å². The topological polar surface area (TPSA) is 41.1 Å². The number of carbonyl (C=O) groups is 1. The number of hydrogen-bond acceptors (Lipinski definition) is 2. The summed E-state index contributed by atoms with van der Waals surface area (Å²) in [6.07, 6.45) is 2.10. The van der Waals surface area contributed by atoms with E-state index in [4.69, 9.17) is 0 Å². The third-order valence-corrected chi connectivity index (χ3v) is 3.63. The molecule has 3 heteroatoms. The summed E-state index contributed by atoms with van der Waals surface area (Å²) in [6, 6.07) is 15.7. The first-order chi connectivity index (χ1) is 9.79. The molecule has 2 aromatic rings. The average molecular weight is 266 g/mol. The fraction of sp³-hybridized carbons (Fsp3) is 0.235. The van der Waals surface area contributed by atoms with Gasteiger partial charge < -0.3 is 10.6 Å². The van der Waals surface area contributed by atoms with Gasteiger partial charge in [-0.1, -0.05) is 49.7 Å². The second-order valence-corrected chi connectivity index (χ2v) is 5.06. The molecule has 102 valence electrons. The molecule has 0 fully saturated rings. The molecule has 3 rings (SSSR count). The van der Waals surface area contributed by atoms with E-state index < -0.39 is 0 Å². The molecular weight excluding hydrogens is 248 g/mol. The van der Waals surface area contributed by atoms with Gasteiger partial charge in [-0.15, -0.1) is 0 Å². The van der Waals surface area contributed by atoms with Crippen LogP contribution in [0.25, 0.3) is 0 Å². The van der Waals surface area contributed by atoms with E-state index in [0.29, 0.717) is 0 Å². The fourth-order valence-corrected chi connectivity index (χ4v) is 2.66. The van der Waals surface area contributed by atoms with Gasteiger partial charge in [0.2, 0.25) is 0 Å². The highest BCUT2D eigenvalue weighted by molar-refractivity contribution is 6.04. The van der Waals surface area contributed by atoms with Crippen molar-refractivity contribution in [3.8, 4) is 0 Å². The second kappa shape index (κ2) is 5.37. The van der Waals surface area contributed by atoms with E-state index in [1.807, 2.05) is 42.5 Å². The van der Waals surface area contributed by atoms with Gasteiger partial charge in [-0.05, 0) is 24.1 Å². The smallest absolute Gasteiger partial charge is 0.251 e. The molecule has 1 atom stereocenters. The molecule has 0 radical (unpaired) electrons. The Morgan fingerprint density at radius 1 is 1.10 bits per heavy atom. The van der Waals surface area contributed by atoms with Crippen LogP contribution in [0.2, 0.25) is 0 Å². The third-order valence-electron chi connectivity index (χ3n) is 3.63. The van der Waals surface area contributed by atoms with E-state index in [9.17, 15) is 4.79 Å². The predicted octanol–water partition coefficient (Wildman–Crippen LogP) is 3.74. The largest absolute Gasteiger partial charge is 0.370 e. The van der Waals surface area contributed by atoms with Gasteiger partial charge in [0.1, 0.15) is 6.04 Å². The fourth-order valence-electron chi connectivity index (χ4n) is 2.66. The van der Waals surface area contributed by atoms with Crippen molar-refractivity contribution < 1.29 is 4.79 Å². The lowest BCUT2D eigenvalue weighted by Gasteiger charge is -2.16. The SMILES string of the molecule is CCCc1ccccc1NC1C(=O)Nc2ccccc21. The lowest BCUT2D eigenvalue weighted by atomic mass is 10.0. The molecule has 1 heterocycles. The highest BCUT2D eigenvalue weighted by atomic mass is 16.2. The molecule has 1 unspecified atom stereocenters.